The number of fused-ring (bicyclic) bond motifs is 1. The zero-order chi connectivity index (χ0) is 16.8. The standard InChI is InChI=1S/C16H16F2O5/c1-2-14(19)22-6-4-3-5-21-13-9-15(20)23-16-11(13)7-10(17)8-12(16)18/h7-9H,2-6H2,1H3. The van der Waals surface area contributed by atoms with Crippen LogP contribution in [0.15, 0.2) is 27.4 Å². The van der Waals surface area contributed by atoms with E-state index in [1.807, 2.05) is 0 Å². The molecular formula is C16H16F2O5. The van der Waals surface area contributed by atoms with Crippen LogP contribution in [0.25, 0.3) is 11.0 Å². The highest BCUT2D eigenvalue weighted by Crippen LogP contribution is 2.27. The number of benzene rings is 1. The quantitative estimate of drug-likeness (QED) is 0.444. The summed E-state index contributed by atoms with van der Waals surface area (Å²) in [5.74, 6) is -1.97. The molecule has 2 rings (SSSR count). The molecule has 0 atom stereocenters. The van der Waals surface area contributed by atoms with Gasteiger partial charge in [-0.15, -0.1) is 0 Å². The van der Waals surface area contributed by atoms with E-state index in [1.54, 1.807) is 6.92 Å². The van der Waals surface area contributed by atoms with Gasteiger partial charge >= 0.3 is 11.6 Å². The summed E-state index contributed by atoms with van der Waals surface area (Å²) in [6.07, 6.45) is 1.45. The predicted octanol–water partition coefficient (Wildman–Crippen LogP) is 3.18. The molecule has 0 saturated heterocycles. The number of ether oxygens (including phenoxy) is 2. The average molecular weight is 326 g/mol. The molecule has 0 radical (unpaired) electrons. The van der Waals surface area contributed by atoms with E-state index in [2.05, 4.69) is 0 Å². The Bertz CT molecular complexity index is 754. The second-order valence-corrected chi connectivity index (χ2v) is 4.82. The molecule has 23 heavy (non-hydrogen) atoms. The van der Waals surface area contributed by atoms with Gasteiger partial charge in [0, 0.05) is 12.5 Å². The number of carbonyl (C=O) groups excluding carboxylic acids is 1. The SMILES string of the molecule is CCC(=O)OCCCCOc1cc(=O)oc2c(F)cc(F)cc12. The van der Waals surface area contributed by atoms with Gasteiger partial charge in [0.25, 0.3) is 0 Å². The summed E-state index contributed by atoms with van der Waals surface area (Å²) in [5.41, 5.74) is -1.12. The molecule has 0 amide bonds. The van der Waals surface area contributed by atoms with Gasteiger partial charge in [0.2, 0.25) is 0 Å². The molecule has 0 bridgehead atoms. The first-order chi connectivity index (χ1) is 11.0. The Labute approximate surface area is 130 Å². The molecule has 1 heterocycles. The summed E-state index contributed by atoms with van der Waals surface area (Å²) >= 11 is 0. The molecule has 0 N–H and O–H groups in total. The molecule has 0 spiro atoms. The minimum absolute atomic E-state index is 0.0551. The molecule has 0 aliphatic rings. The van der Waals surface area contributed by atoms with Crippen LogP contribution in [-0.4, -0.2) is 19.2 Å². The summed E-state index contributed by atoms with van der Waals surface area (Å²) in [7, 11) is 0. The Morgan fingerprint density at radius 1 is 1.17 bits per heavy atom. The summed E-state index contributed by atoms with van der Waals surface area (Å²) in [6.45, 7) is 2.19. The third-order valence-corrected chi connectivity index (χ3v) is 3.07. The van der Waals surface area contributed by atoms with Crippen molar-refractivity contribution in [2.45, 2.75) is 26.2 Å². The van der Waals surface area contributed by atoms with Crippen molar-refractivity contribution in [3.05, 3.63) is 40.3 Å². The van der Waals surface area contributed by atoms with Gasteiger partial charge in [-0.3, -0.25) is 4.79 Å². The molecule has 1 aromatic carbocycles. The van der Waals surface area contributed by atoms with Crippen LogP contribution in [0.5, 0.6) is 5.75 Å². The number of hydrogen-bond acceptors (Lipinski definition) is 5. The largest absolute Gasteiger partial charge is 0.493 e. The van der Waals surface area contributed by atoms with E-state index in [1.165, 1.54) is 0 Å². The molecule has 0 aliphatic heterocycles. The maximum Gasteiger partial charge on any atom is 0.340 e. The molecule has 0 aliphatic carbocycles. The maximum atomic E-state index is 13.6. The van der Waals surface area contributed by atoms with Gasteiger partial charge in [-0.05, 0) is 18.9 Å². The van der Waals surface area contributed by atoms with Crippen molar-refractivity contribution in [3.8, 4) is 5.75 Å². The van der Waals surface area contributed by atoms with Gasteiger partial charge in [0.05, 0.1) is 24.7 Å². The van der Waals surface area contributed by atoms with Crippen LogP contribution in [0.4, 0.5) is 8.78 Å². The van der Waals surface area contributed by atoms with Crippen LogP contribution in [0.1, 0.15) is 26.2 Å². The van der Waals surface area contributed by atoms with Crippen LogP contribution in [0, 0.1) is 11.6 Å². The fourth-order valence-corrected chi connectivity index (χ4v) is 1.96. The molecule has 7 heteroatoms. The third kappa shape index (κ3) is 4.51. The number of hydrogen-bond donors (Lipinski definition) is 0. The van der Waals surface area contributed by atoms with E-state index in [0.717, 1.165) is 12.1 Å². The van der Waals surface area contributed by atoms with E-state index >= 15 is 0 Å². The van der Waals surface area contributed by atoms with Crippen molar-refractivity contribution in [1.29, 1.82) is 0 Å². The summed E-state index contributed by atoms with van der Waals surface area (Å²) < 4.78 is 42.0. The van der Waals surface area contributed by atoms with Gasteiger partial charge in [-0.25, -0.2) is 13.6 Å². The molecule has 1 aromatic heterocycles. The van der Waals surface area contributed by atoms with Crippen LogP contribution in [-0.2, 0) is 9.53 Å². The van der Waals surface area contributed by atoms with Gasteiger partial charge in [-0.2, -0.15) is 0 Å². The fraction of sp³-hybridized carbons (Fsp3) is 0.375. The topological polar surface area (TPSA) is 65.7 Å². The summed E-state index contributed by atoms with van der Waals surface area (Å²) in [4.78, 5) is 22.4. The van der Waals surface area contributed by atoms with E-state index in [0.29, 0.717) is 25.3 Å². The Balaban J connectivity index is 2.00. The number of unbranched alkanes of at least 4 members (excludes halogenated alkanes) is 1. The number of rotatable bonds is 7. The molecule has 2 aromatic rings. The highest BCUT2D eigenvalue weighted by Gasteiger charge is 2.13. The highest BCUT2D eigenvalue weighted by molar-refractivity contribution is 5.83. The van der Waals surface area contributed by atoms with Crippen LogP contribution < -0.4 is 10.4 Å². The second-order valence-electron chi connectivity index (χ2n) is 4.82. The van der Waals surface area contributed by atoms with Crippen molar-refractivity contribution in [2.75, 3.05) is 13.2 Å². The van der Waals surface area contributed by atoms with Crippen molar-refractivity contribution in [1.82, 2.24) is 0 Å². The minimum Gasteiger partial charge on any atom is -0.493 e. The van der Waals surface area contributed by atoms with Crippen LogP contribution in [0.3, 0.4) is 0 Å². The van der Waals surface area contributed by atoms with Crippen LogP contribution in [0.2, 0.25) is 0 Å². The van der Waals surface area contributed by atoms with Crippen molar-refractivity contribution >= 4 is 16.9 Å². The van der Waals surface area contributed by atoms with E-state index in [9.17, 15) is 18.4 Å². The zero-order valence-corrected chi connectivity index (χ0v) is 12.6. The average Bonchev–Trinajstić information content (AvgIpc) is 2.51. The number of halogens is 2. The second kappa shape index (κ2) is 7.71. The molecule has 5 nitrogen and oxygen atoms in total. The van der Waals surface area contributed by atoms with E-state index in [-0.39, 0.29) is 35.9 Å². The maximum absolute atomic E-state index is 13.6. The monoisotopic (exact) mass is 326 g/mol. The first-order valence-electron chi connectivity index (χ1n) is 7.22. The van der Waals surface area contributed by atoms with Crippen LogP contribution >= 0.6 is 0 Å². The molecule has 0 fully saturated rings. The van der Waals surface area contributed by atoms with Crippen molar-refractivity contribution in [2.24, 2.45) is 0 Å². The van der Waals surface area contributed by atoms with Gasteiger partial charge < -0.3 is 13.9 Å². The Kier molecular flexibility index (Phi) is 5.67. The fourth-order valence-electron chi connectivity index (χ4n) is 1.96. The minimum atomic E-state index is -0.964. The smallest absolute Gasteiger partial charge is 0.340 e. The zero-order valence-electron chi connectivity index (χ0n) is 12.6. The van der Waals surface area contributed by atoms with Crippen molar-refractivity contribution < 1.29 is 27.5 Å². The summed E-state index contributed by atoms with van der Waals surface area (Å²) in [6, 6.07) is 2.72. The third-order valence-electron chi connectivity index (χ3n) is 3.07. The van der Waals surface area contributed by atoms with E-state index < -0.39 is 17.3 Å². The lowest BCUT2D eigenvalue weighted by molar-refractivity contribution is -0.143. The van der Waals surface area contributed by atoms with Gasteiger partial charge in [0.15, 0.2) is 11.4 Å². The number of esters is 1. The Morgan fingerprint density at radius 2 is 1.91 bits per heavy atom. The van der Waals surface area contributed by atoms with E-state index in [4.69, 9.17) is 13.9 Å². The molecular weight excluding hydrogens is 310 g/mol. The molecule has 124 valence electrons. The lowest BCUT2D eigenvalue weighted by Gasteiger charge is -2.09. The first kappa shape index (κ1) is 16.9. The van der Waals surface area contributed by atoms with Gasteiger partial charge in [0.1, 0.15) is 11.6 Å². The highest BCUT2D eigenvalue weighted by atomic mass is 19.1. The molecule has 0 saturated carbocycles. The van der Waals surface area contributed by atoms with Crippen molar-refractivity contribution in [3.63, 3.8) is 0 Å². The normalized spacial score (nSPS) is 10.7. The lowest BCUT2D eigenvalue weighted by Crippen LogP contribution is -2.07. The Hall–Kier alpha value is -2.44. The predicted molar refractivity (Wildman–Crippen MR) is 78.4 cm³/mol. The lowest BCUT2D eigenvalue weighted by atomic mass is 10.2. The number of carbonyl (C=O) groups is 1. The Morgan fingerprint density at radius 3 is 2.65 bits per heavy atom. The molecule has 0 unspecified atom stereocenters. The summed E-state index contributed by atoms with van der Waals surface area (Å²) in [5, 5.41) is 0.0551. The first-order valence-corrected chi connectivity index (χ1v) is 7.22. The van der Waals surface area contributed by atoms with Gasteiger partial charge in [-0.1, -0.05) is 6.92 Å².